The van der Waals surface area contributed by atoms with E-state index in [1.165, 1.54) is 0 Å². The highest BCUT2D eigenvalue weighted by Gasteiger charge is 2.06. The highest BCUT2D eigenvalue weighted by Crippen LogP contribution is 2.23. The van der Waals surface area contributed by atoms with Crippen molar-refractivity contribution in [1.29, 1.82) is 0 Å². The van der Waals surface area contributed by atoms with Crippen LogP contribution in [0, 0.1) is 6.92 Å². The van der Waals surface area contributed by atoms with E-state index < -0.39 is 9.84 Å². The minimum Gasteiger partial charge on any atom is -0.385 e. The molecule has 0 aliphatic rings. The predicted octanol–water partition coefficient (Wildman–Crippen LogP) is 2.99. The lowest BCUT2D eigenvalue weighted by Gasteiger charge is -2.10. The van der Waals surface area contributed by atoms with Crippen molar-refractivity contribution in [3.8, 4) is 0 Å². The Morgan fingerprint density at radius 2 is 2.06 bits per heavy atom. The van der Waals surface area contributed by atoms with Crippen molar-refractivity contribution in [3.63, 3.8) is 0 Å². The van der Waals surface area contributed by atoms with Crippen LogP contribution in [0.25, 0.3) is 0 Å². The largest absolute Gasteiger partial charge is 0.385 e. The molecule has 0 unspecified atom stereocenters. The molecule has 0 spiro atoms. The smallest absolute Gasteiger partial charge is 0.150 e. The zero-order chi connectivity index (χ0) is 12.9. The van der Waals surface area contributed by atoms with Crippen LogP contribution in [0.1, 0.15) is 18.9 Å². The van der Waals surface area contributed by atoms with Crippen LogP contribution in [0.5, 0.6) is 0 Å². The summed E-state index contributed by atoms with van der Waals surface area (Å²) < 4.78 is 23.7. The van der Waals surface area contributed by atoms with Crippen LogP contribution in [-0.4, -0.2) is 26.5 Å². The quantitative estimate of drug-likeness (QED) is 0.820. The molecule has 1 aromatic rings. The molecule has 1 aromatic carbocycles. The lowest BCUT2D eigenvalue weighted by Crippen LogP contribution is -2.13. The average Bonchev–Trinajstić information content (AvgIpc) is 2.30. The van der Waals surface area contributed by atoms with Crippen LogP contribution in [0.15, 0.2) is 22.7 Å². The van der Waals surface area contributed by atoms with Gasteiger partial charge in [0.1, 0.15) is 9.84 Å². The van der Waals surface area contributed by atoms with Gasteiger partial charge < -0.3 is 5.32 Å². The van der Waals surface area contributed by atoms with Crippen LogP contribution in [0.3, 0.4) is 0 Å². The lowest BCUT2D eigenvalue weighted by molar-refractivity contribution is 0.595. The standard InChI is InChI=1S/C12H18BrNO2S/c1-3-17(15,16)9-5-8-14-12-7-4-6-11(13)10(12)2/h4,6-7,14H,3,5,8-9H2,1-2H3. The van der Waals surface area contributed by atoms with E-state index in [4.69, 9.17) is 0 Å². The Hall–Kier alpha value is -0.550. The van der Waals surface area contributed by atoms with Gasteiger partial charge in [-0.2, -0.15) is 0 Å². The van der Waals surface area contributed by atoms with Gasteiger partial charge in [-0.1, -0.05) is 28.9 Å². The monoisotopic (exact) mass is 319 g/mol. The van der Waals surface area contributed by atoms with Gasteiger partial charge in [0.25, 0.3) is 0 Å². The summed E-state index contributed by atoms with van der Waals surface area (Å²) >= 11 is 3.46. The van der Waals surface area contributed by atoms with Gasteiger partial charge in [-0.3, -0.25) is 0 Å². The topological polar surface area (TPSA) is 46.2 Å². The molecule has 0 aromatic heterocycles. The second-order valence-electron chi connectivity index (χ2n) is 3.93. The fourth-order valence-corrected chi connectivity index (χ4v) is 2.70. The van der Waals surface area contributed by atoms with Crippen molar-refractivity contribution in [2.75, 3.05) is 23.4 Å². The average molecular weight is 320 g/mol. The summed E-state index contributed by atoms with van der Waals surface area (Å²) in [6, 6.07) is 5.94. The van der Waals surface area contributed by atoms with Gasteiger partial charge in [-0.15, -0.1) is 0 Å². The van der Waals surface area contributed by atoms with Crippen molar-refractivity contribution in [2.24, 2.45) is 0 Å². The third kappa shape index (κ3) is 4.68. The van der Waals surface area contributed by atoms with Gasteiger partial charge in [-0.05, 0) is 31.0 Å². The molecule has 0 saturated heterocycles. The number of halogens is 1. The first-order chi connectivity index (χ1) is 7.96. The number of sulfone groups is 1. The summed E-state index contributed by atoms with van der Waals surface area (Å²) in [6.45, 7) is 4.38. The summed E-state index contributed by atoms with van der Waals surface area (Å²) in [5.41, 5.74) is 2.19. The van der Waals surface area contributed by atoms with Crippen LogP contribution >= 0.6 is 15.9 Å². The summed E-state index contributed by atoms with van der Waals surface area (Å²) in [6.07, 6.45) is 0.641. The fraction of sp³-hybridized carbons (Fsp3) is 0.500. The van der Waals surface area contributed by atoms with E-state index in [1.807, 2.05) is 25.1 Å². The van der Waals surface area contributed by atoms with E-state index >= 15 is 0 Å². The normalized spacial score (nSPS) is 11.5. The van der Waals surface area contributed by atoms with E-state index in [9.17, 15) is 8.42 Å². The number of nitrogens with one attached hydrogen (secondary N) is 1. The van der Waals surface area contributed by atoms with Crippen molar-refractivity contribution in [3.05, 3.63) is 28.2 Å². The molecule has 0 aliphatic heterocycles. The maximum atomic E-state index is 11.3. The minimum atomic E-state index is -2.84. The molecular weight excluding hydrogens is 302 g/mol. The molecule has 0 bridgehead atoms. The van der Waals surface area contributed by atoms with E-state index in [0.29, 0.717) is 13.0 Å². The van der Waals surface area contributed by atoms with E-state index in [2.05, 4.69) is 21.2 Å². The van der Waals surface area contributed by atoms with Gasteiger partial charge >= 0.3 is 0 Å². The zero-order valence-electron chi connectivity index (χ0n) is 10.2. The Kier molecular flexibility index (Phi) is 5.46. The van der Waals surface area contributed by atoms with Crippen molar-refractivity contribution in [2.45, 2.75) is 20.3 Å². The first-order valence-electron chi connectivity index (χ1n) is 5.65. The van der Waals surface area contributed by atoms with Crippen LogP contribution in [-0.2, 0) is 9.84 Å². The number of hydrogen-bond donors (Lipinski definition) is 1. The van der Waals surface area contributed by atoms with Crippen molar-refractivity contribution >= 4 is 31.5 Å². The minimum absolute atomic E-state index is 0.225. The maximum Gasteiger partial charge on any atom is 0.150 e. The first-order valence-corrected chi connectivity index (χ1v) is 8.27. The molecule has 0 radical (unpaired) electrons. The van der Waals surface area contributed by atoms with Gasteiger partial charge in [0.15, 0.2) is 0 Å². The number of rotatable bonds is 6. The molecule has 96 valence electrons. The number of hydrogen-bond acceptors (Lipinski definition) is 3. The summed E-state index contributed by atoms with van der Waals surface area (Å²) in [7, 11) is -2.84. The Bertz CT molecular complexity index is 471. The molecule has 0 fully saturated rings. The highest BCUT2D eigenvalue weighted by atomic mass is 79.9. The second kappa shape index (κ2) is 6.40. The molecule has 3 nitrogen and oxygen atoms in total. The molecule has 1 rings (SSSR count). The zero-order valence-corrected chi connectivity index (χ0v) is 12.6. The van der Waals surface area contributed by atoms with E-state index in [-0.39, 0.29) is 11.5 Å². The highest BCUT2D eigenvalue weighted by molar-refractivity contribution is 9.10. The van der Waals surface area contributed by atoms with Crippen LogP contribution < -0.4 is 5.32 Å². The van der Waals surface area contributed by atoms with Gasteiger partial charge in [0.2, 0.25) is 0 Å². The SMILES string of the molecule is CCS(=O)(=O)CCCNc1cccc(Br)c1C. The first kappa shape index (κ1) is 14.5. The molecule has 1 N–H and O–H groups in total. The van der Waals surface area contributed by atoms with Crippen molar-refractivity contribution < 1.29 is 8.42 Å². The predicted molar refractivity (Wildman–Crippen MR) is 76.3 cm³/mol. The van der Waals surface area contributed by atoms with Crippen LogP contribution in [0.2, 0.25) is 0 Å². The summed E-state index contributed by atoms with van der Waals surface area (Å²) in [5.74, 6) is 0.479. The van der Waals surface area contributed by atoms with Crippen LogP contribution in [0.4, 0.5) is 5.69 Å². The second-order valence-corrected chi connectivity index (χ2v) is 7.26. The molecule has 0 amide bonds. The molecule has 0 saturated carbocycles. The number of benzene rings is 1. The van der Waals surface area contributed by atoms with E-state index in [0.717, 1.165) is 15.7 Å². The molecule has 0 atom stereocenters. The van der Waals surface area contributed by atoms with E-state index in [1.54, 1.807) is 6.92 Å². The maximum absolute atomic E-state index is 11.3. The summed E-state index contributed by atoms with van der Waals surface area (Å²) in [5, 5.41) is 3.26. The fourth-order valence-electron chi connectivity index (χ4n) is 1.46. The van der Waals surface area contributed by atoms with Gasteiger partial charge in [0.05, 0.1) is 5.75 Å². The Balaban J connectivity index is 2.44. The Morgan fingerprint density at radius 3 is 2.71 bits per heavy atom. The third-order valence-corrected chi connectivity index (χ3v) is 5.30. The lowest BCUT2D eigenvalue weighted by atomic mass is 10.2. The molecule has 17 heavy (non-hydrogen) atoms. The van der Waals surface area contributed by atoms with Crippen molar-refractivity contribution in [1.82, 2.24) is 0 Å². The Morgan fingerprint density at radius 1 is 1.35 bits per heavy atom. The molecular formula is C12H18BrNO2S. The molecule has 0 heterocycles. The third-order valence-electron chi connectivity index (χ3n) is 2.66. The summed E-state index contributed by atoms with van der Waals surface area (Å²) in [4.78, 5) is 0. The Labute approximate surface area is 112 Å². The number of anilines is 1. The van der Waals surface area contributed by atoms with Gasteiger partial charge in [0, 0.05) is 22.5 Å². The van der Waals surface area contributed by atoms with Gasteiger partial charge in [-0.25, -0.2) is 8.42 Å². The molecule has 0 aliphatic carbocycles. The molecule has 5 heteroatoms.